The van der Waals surface area contributed by atoms with Crippen molar-refractivity contribution in [3.05, 3.63) is 12.8 Å². The van der Waals surface area contributed by atoms with E-state index in [0.29, 0.717) is 0 Å². The summed E-state index contributed by atoms with van der Waals surface area (Å²) >= 11 is 1.92. The van der Waals surface area contributed by atoms with E-state index in [0.717, 1.165) is 12.4 Å². The minimum atomic E-state index is 0.800. The second-order valence-electron chi connectivity index (χ2n) is 1.65. The molecule has 0 aliphatic carbocycles. The van der Waals surface area contributed by atoms with Crippen molar-refractivity contribution in [1.82, 2.24) is 0 Å². The summed E-state index contributed by atoms with van der Waals surface area (Å²) < 4.78 is 4.92. The van der Waals surface area contributed by atoms with Crippen LogP contribution in [0.4, 0.5) is 0 Å². The molecule has 0 spiro atoms. The van der Waals surface area contributed by atoms with Gasteiger partial charge in [-0.2, -0.15) is 11.8 Å². The Morgan fingerprint density at radius 3 is 2.89 bits per heavy atom. The highest BCUT2D eigenvalue weighted by Gasteiger charge is 1.84. The summed E-state index contributed by atoms with van der Waals surface area (Å²) in [7, 11) is 0. The highest BCUT2D eigenvalue weighted by atomic mass is 32.2. The Morgan fingerprint density at radius 2 is 2.33 bits per heavy atom. The summed E-state index contributed by atoms with van der Waals surface area (Å²) in [4.78, 5) is 0. The number of hydrogen-bond donors (Lipinski definition) is 0. The molecular formula is C7H14OS. The van der Waals surface area contributed by atoms with Crippen LogP contribution in [0.5, 0.6) is 0 Å². The molecule has 0 aromatic heterocycles. The summed E-state index contributed by atoms with van der Waals surface area (Å²) in [5.41, 5.74) is 0. The Hall–Kier alpha value is -0.110. The second-order valence-corrected chi connectivity index (χ2v) is 2.87. The van der Waals surface area contributed by atoms with Crippen LogP contribution in [0.25, 0.3) is 0 Å². The molecule has 54 valence electrons. The van der Waals surface area contributed by atoms with Gasteiger partial charge in [-0.05, 0) is 12.2 Å². The summed E-state index contributed by atoms with van der Waals surface area (Å²) in [5, 5.41) is 0. The minimum absolute atomic E-state index is 0.800. The number of hydrogen-bond acceptors (Lipinski definition) is 2. The van der Waals surface area contributed by atoms with Gasteiger partial charge in [0.25, 0.3) is 0 Å². The lowest BCUT2D eigenvalue weighted by Gasteiger charge is -1.97. The van der Waals surface area contributed by atoms with E-state index in [1.807, 2.05) is 11.8 Å². The smallest absolute Gasteiger partial charge is 0.0963 e. The Morgan fingerprint density at radius 1 is 1.56 bits per heavy atom. The molecule has 0 saturated heterocycles. The summed E-state index contributed by atoms with van der Waals surface area (Å²) in [6.07, 6.45) is 2.74. The average Bonchev–Trinajstić information content (AvgIpc) is 1.89. The van der Waals surface area contributed by atoms with Gasteiger partial charge in [-0.1, -0.05) is 13.5 Å². The molecule has 0 amide bonds. The first-order chi connectivity index (χ1) is 4.41. The number of ether oxygens (including phenoxy) is 1. The van der Waals surface area contributed by atoms with Crippen LogP contribution >= 0.6 is 11.8 Å². The molecule has 0 rings (SSSR count). The van der Waals surface area contributed by atoms with E-state index in [1.54, 1.807) is 0 Å². The van der Waals surface area contributed by atoms with Crippen LogP contribution in [0.15, 0.2) is 12.8 Å². The zero-order valence-electron chi connectivity index (χ0n) is 5.93. The molecule has 9 heavy (non-hydrogen) atoms. The largest absolute Gasteiger partial charge is 0.501 e. The quantitative estimate of drug-likeness (QED) is 0.420. The van der Waals surface area contributed by atoms with Gasteiger partial charge in [0.2, 0.25) is 0 Å². The van der Waals surface area contributed by atoms with Gasteiger partial charge >= 0.3 is 0 Å². The van der Waals surface area contributed by atoms with Crippen molar-refractivity contribution in [1.29, 1.82) is 0 Å². The molecule has 0 fully saturated rings. The Kier molecular flexibility index (Phi) is 7.79. The molecule has 0 bridgehead atoms. The van der Waals surface area contributed by atoms with Crippen molar-refractivity contribution in [3.63, 3.8) is 0 Å². The molecule has 0 N–H and O–H groups in total. The SMILES string of the molecule is C=COCCSCCC. The molecule has 2 heteroatoms. The van der Waals surface area contributed by atoms with Crippen LogP contribution in [0.3, 0.4) is 0 Å². The average molecular weight is 146 g/mol. The first-order valence-corrected chi connectivity index (χ1v) is 4.37. The van der Waals surface area contributed by atoms with E-state index >= 15 is 0 Å². The van der Waals surface area contributed by atoms with Crippen molar-refractivity contribution < 1.29 is 4.74 Å². The van der Waals surface area contributed by atoms with E-state index in [9.17, 15) is 0 Å². The van der Waals surface area contributed by atoms with Crippen LogP contribution in [0, 0.1) is 0 Å². The maximum Gasteiger partial charge on any atom is 0.0963 e. The molecule has 0 unspecified atom stereocenters. The van der Waals surface area contributed by atoms with Crippen LogP contribution in [0.1, 0.15) is 13.3 Å². The van der Waals surface area contributed by atoms with E-state index in [2.05, 4.69) is 13.5 Å². The molecule has 0 aromatic carbocycles. The summed E-state index contributed by atoms with van der Waals surface area (Å²) in [6, 6.07) is 0. The van der Waals surface area contributed by atoms with E-state index in [4.69, 9.17) is 4.74 Å². The summed E-state index contributed by atoms with van der Waals surface area (Å²) in [6.45, 7) is 6.43. The highest BCUT2D eigenvalue weighted by molar-refractivity contribution is 7.99. The van der Waals surface area contributed by atoms with Gasteiger partial charge in [-0.3, -0.25) is 0 Å². The van der Waals surface area contributed by atoms with Gasteiger partial charge in [-0.15, -0.1) is 0 Å². The number of thioether (sulfide) groups is 1. The molecule has 0 radical (unpaired) electrons. The summed E-state index contributed by atoms with van der Waals surface area (Å²) in [5.74, 6) is 2.32. The Bertz CT molecular complexity index is 63.9. The molecule has 0 aliphatic rings. The molecule has 0 aliphatic heterocycles. The van der Waals surface area contributed by atoms with Crippen molar-refractivity contribution in [2.75, 3.05) is 18.1 Å². The molecule has 1 nitrogen and oxygen atoms in total. The molecule has 0 heterocycles. The topological polar surface area (TPSA) is 9.23 Å². The van der Waals surface area contributed by atoms with Crippen molar-refractivity contribution >= 4 is 11.8 Å². The molecule has 0 aromatic rings. The third-order valence-electron chi connectivity index (χ3n) is 0.812. The van der Waals surface area contributed by atoms with Crippen molar-refractivity contribution in [2.24, 2.45) is 0 Å². The predicted octanol–water partition coefficient (Wildman–Crippen LogP) is 2.29. The molecule has 0 saturated carbocycles. The van der Waals surface area contributed by atoms with E-state index < -0.39 is 0 Å². The van der Waals surface area contributed by atoms with Crippen LogP contribution in [-0.4, -0.2) is 18.1 Å². The van der Waals surface area contributed by atoms with Gasteiger partial charge in [-0.25, -0.2) is 0 Å². The van der Waals surface area contributed by atoms with Crippen molar-refractivity contribution in [2.45, 2.75) is 13.3 Å². The molecular weight excluding hydrogens is 132 g/mol. The predicted molar refractivity (Wildman–Crippen MR) is 43.8 cm³/mol. The van der Waals surface area contributed by atoms with Crippen LogP contribution in [-0.2, 0) is 4.74 Å². The fraction of sp³-hybridized carbons (Fsp3) is 0.714. The zero-order chi connectivity index (χ0) is 6.95. The lowest BCUT2D eigenvalue weighted by Crippen LogP contribution is -1.90. The standard InChI is InChI=1S/C7H14OS/c1-3-6-9-7-5-8-4-2/h4H,2-3,5-7H2,1H3. The lowest BCUT2D eigenvalue weighted by atomic mass is 10.6. The van der Waals surface area contributed by atoms with Crippen LogP contribution in [0.2, 0.25) is 0 Å². The zero-order valence-corrected chi connectivity index (χ0v) is 6.75. The fourth-order valence-corrected chi connectivity index (χ4v) is 1.14. The van der Waals surface area contributed by atoms with Gasteiger partial charge in [0, 0.05) is 5.75 Å². The second kappa shape index (κ2) is 7.89. The van der Waals surface area contributed by atoms with E-state index in [-0.39, 0.29) is 0 Å². The fourth-order valence-electron chi connectivity index (χ4n) is 0.437. The van der Waals surface area contributed by atoms with Gasteiger partial charge in [0.05, 0.1) is 12.9 Å². The third kappa shape index (κ3) is 7.89. The first-order valence-electron chi connectivity index (χ1n) is 3.22. The number of rotatable bonds is 6. The maximum atomic E-state index is 4.92. The van der Waals surface area contributed by atoms with Gasteiger partial charge < -0.3 is 4.74 Å². The van der Waals surface area contributed by atoms with Gasteiger partial charge in [0.15, 0.2) is 0 Å². The molecule has 0 atom stereocenters. The Balaban J connectivity index is 2.66. The normalized spacial score (nSPS) is 9.00. The van der Waals surface area contributed by atoms with Gasteiger partial charge in [0.1, 0.15) is 0 Å². The third-order valence-corrected chi connectivity index (χ3v) is 1.96. The highest BCUT2D eigenvalue weighted by Crippen LogP contribution is 2.00. The lowest BCUT2D eigenvalue weighted by molar-refractivity contribution is 0.274. The van der Waals surface area contributed by atoms with Crippen LogP contribution < -0.4 is 0 Å². The van der Waals surface area contributed by atoms with E-state index in [1.165, 1.54) is 18.4 Å². The van der Waals surface area contributed by atoms with Crippen molar-refractivity contribution in [3.8, 4) is 0 Å². The maximum absolute atomic E-state index is 4.92. The first kappa shape index (κ1) is 8.89. The monoisotopic (exact) mass is 146 g/mol. The minimum Gasteiger partial charge on any atom is -0.501 e. The Labute approximate surface area is 61.5 Å².